The zero-order chi connectivity index (χ0) is 24.1. The van der Waals surface area contributed by atoms with Crippen LogP contribution in [-0.4, -0.2) is 35.1 Å². The number of nitro groups is 1. The van der Waals surface area contributed by atoms with Gasteiger partial charge in [0.1, 0.15) is 5.02 Å². The number of anilines is 1. The minimum Gasteiger partial charge on any atom is -0.454 e. The summed E-state index contributed by atoms with van der Waals surface area (Å²) in [4.78, 5) is 63.0. The highest BCUT2D eigenvalue weighted by atomic mass is 35.5. The summed E-state index contributed by atoms with van der Waals surface area (Å²) >= 11 is 5.77. The van der Waals surface area contributed by atoms with Gasteiger partial charge in [0.15, 0.2) is 6.61 Å². The van der Waals surface area contributed by atoms with E-state index in [1.165, 1.54) is 24.3 Å². The molecule has 5 rings (SSSR count). The van der Waals surface area contributed by atoms with Crippen LogP contribution in [0.5, 0.6) is 0 Å². The summed E-state index contributed by atoms with van der Waals surface area (Å²) in [5.41, 5.74) is -0.336. The molecule has 2 aromatic carbocycles. The Kier molecular flexibility index (Phi) is 5.44. The monoisotopic (exact) mass is 482 g/mol. The normalized spacial score (nSPS) is 24.9. The molecule has 0 spiro atoms. The van der Waals surface area contributed by atoms with Gasteiger partial charge in [0.05, 0.1) is 28.0 Å². The zero-order valence-corrected chi connectivity index (χ0v) is 18.6. The molecule has 0 unspecified atom stereocenters. The molecule has 2 amide bonds. The fourth-order valence-corrected chi connectivity index (χ4v) is 5.79. The summed E-state index contributed by atoms with van der Waals surface area (Å²) in [5.74, 6) is -2.37. The number of imide groups is 1. The number of amides is 2. The Bertz CT molecular complexity index is 1230. The average molecular weight is 483 g/mol. The summed E-state index contributed by atoms with van der Waals surface area (Å²) in [5, 5.41) is 10.9. The lowest BCUT2D eigenvalue weighted by molar-refractivity contribution is -0.384. The van der Waals surface area contributed by atoms with Crippen molar-refractivity contribution in [3.05, 3.63) is 68.7 Å². The highest BCUT2D eigenvalue weighted by molar-refractivity contribution is 6.32. The lowest BCUT2D eigenvalue weighted by atomic mass is 9.81. The van der Waals surface area contributed by atoms with Crippen molar-refractivity contribution in [2.75, 3.05) is 11.5 Å². The Morgan fingerprint density at radius 2 is 1.71 bits per heavy atom. The van der Waals surface area contributed by atoms with Crippen LogP contribution in [-0.2, 0) is 14.3 Å². The number of carbonyl (C=O) groups excluding carboxylic acids is 4. The van der Waals surface area contributed by atoms with Gasteiger partial charge in [0.25, 0.3) is 5.69 Å². The number of fused-ring (bicyclic) bond motifs is 5. The van der Waals surface area contributed by atoms with Gasteiger partial charge >= 0.3 is 5.97 Å². The van der Waals surface area contributed by atoms with E-state index in [9.17, 15) is 29.3 Å². The zero-order valence-electron chi connectivity index (χ0n) is 17.8. The second-order valence-electron chi connectivity index (χ2n) is 8.84. The third-order valence-corrected chi connectivity index (χ3v) is 7.41. The number of ketones is 1. The number of nitro benzene ring substituents is 1. The Morgan fingerprint density at radius 1 is 1.06 bits per heavy atom. The van der Waals surface area contributed by atoms with Gasteiger partial charge in [-0.25, -0.2) is 9.69 Å². The number of nitrogens with zero attached hydrogens (tertiary/aromatic N) is 2. The molecule has 2 aliphatic carbocycles. The SMILES string of the molecule is O=C(COC(=O)c1ccccc1N1C(=O)[C@@H]2[C@H]3CC[C@H](C3)[C@@H]2C1=O)c1ccc(Cl)c([N+](=O)[O-])c1. The van der Waals surface area contributed by atoms with Crippen molar-refractivity contribution in [2.45, 2.75) is 19.3 Å². The van der Waals surface area contributed by atoms with Crippen LogP contribution >= 0.6 is 11.6 Å². The van der Waals surface area contributed by atoms with Crippen molar-refractivity contribution in [2.24, 2.45) is 23.7 Å². The van der Waals surface area contributed by atoms with Crippen molar-refractivity contribution < 1.29 is 28.8 Å². The summed E-state index contributed by atoms with van der Waals surface area (Å²) in [7, 11) is 0. The number of rotatable bonds is 6. The molecule has 174 valence electrons. The molecular weight excluding hydrogens is 464 g/mol. The van der Waals surface area contributed by atoms with Gasteiger partial charge in [-0.3, -0.25) is 24.5 Å². The highest BCUT2D eigenvalue weighted by Gasteiger charge is 2.61. The molecule has 0 N–H and O–H groups in total. The molecular formula is C24H19ClN2O7. The van der Waals surface area contributed by atoms with Gasteiger partial charge in [0, 0.05) is 11.6 Å². The molecule has 4 atom stereocenters. The maximum Gasteiger partial charge on any atom is 0.340 e. The van der Waals surface area contributed by atoms with E-state index in [4.69, 9.17) is 16.3 Å². The Morgan fingerprint density at radius 3 is 2.35 bits per heavy atom. The van der Waals surface area contributed by atoms with Crippen molar-refractivity contribution >= 4 is 46.5 Å². The van der Waals surface area contributed by atoms with Crippen molar-refractivity contribution in [3.8, 4) is 0 Å². The topological polar surface area (TPSA) is 124 Å². The van der Waals surface area contributed by atoms with E-state index in [1.54, 1.807) is 12.1 Å². The van der Waals surface area contributed by atoms with Gasteiger partial charge in [0.2, 0.25) is 17.6 Å². The maximum atomic E-state index is 13.2. The van der Waals surface area contributed by atoms with Crippen molar-refractivity contribution in [1.82, 2.24) is 0 Å². The number of ether oxygens (including phenoxy) is 1. The van der Waals surface area contributed by atoms with Crippen LogP contribution in [0.2, 0.25) is 5.02 Å². The standard InChI is InChI=1S/C24H19ClN2O7/c25-16-8-7-12(10-18(16)27(32)33)19(28)11-34-24(31)15-3-1-2-4-17(15)26-22(29)20-13-5-6-14(9-13)21(20)23(26)30/h1-4,7-8,10,13-14,20-21H,5-6,9,11H2/t13-,14+,20+,21-. The molecule has 1 aliphatic heterocycles. The highest BCUT2D eigenvalue weighted by Crippen LogP contribution is 2.56. The van der Waals surface area contributed by atoms with Crippen LogP contribution in [0.1, 0.15) is 40.0 Å². The van der Waals surface area contributed by atoms with E-state index < -0.39 is 29.0 Å². The van der Waals surface area contributed by atoms with E-state index in [0.29, 0.717) is 0 Å². The Hall–Kier alpha value is -3.59. The van der Waals surface area contributed by atoms with Crippen LogP contribution in [0.3, 0.4) is 0 Å². The molecule has 34 heavy (non-hydrogen) atoms. The number of halogens is 1. The van der Waals surface area contributed by atoms with E-state index in [1.807, 2.05) is 0 Å². The van der Waals surface area contributed by atoms with Gasteiger partial charge in [-0.05, 0) is 55.4 Å². The quantitative estimate of drug-likeness (QED) is 0.201. The minimum atomic E-state index is -0.881. The van der Waals surface area contributed by atoms with Gasteiger partial charge in [-0.1, -0.05) is 23.7 Å². The third kappa shape index (κ3) is 3.47. The summed E-state index contributed by atoms with van der Waals surface area (Å²) in [6, 6.07) is 9.67. The molecule has 3 fully saturated rings. The van der Waals surface area contributed by atoms with Crippen LogP contribution in [0.15, 0.2) is 42.5 Å². The molecule has 9 nitrogen and oxygen atoms in total. The van der Waals surface area contributed by atoms with E-state index in [0.717, 1.165) is 30.2 Å². The largest absolute Gasteiger partial charge is 0.454 e. The second kappa shape index (κ2) is 8.32. The number of hydrogen-bond acceptors (Lipinski definition) is 7. The fourth-order valence-electron chi connectivity index (χ4n) is 5.61. The van der Waals surface area contributed by atoms with Gasteiger partial charge in [-0.15, -0.1) is 0 Å². The summed E-state index contributed by atoms with van der Waals surface area (Å²) < 4.78 is 5.15. The fraction of sp³-hybridized carbons (Fsp3) is 0.333. The smallest absolute Gasteiger partial charge is 0.340 e. The molecule has 2 bridgehead atoms. The maximum absolute atomic E-state index is 13.2. The number of hydrogen-bond donors (Lipinski definition) is 0. The lowest BCUT2D eigenvalue weighted by Gasteiger charge is -2.19. The van der Waals surface area contributed by atoms with Crippen LogP contribution in [0.25, 0.3) is 0 Å². The summed E-state index contributed by atoms with van der Waals surface area (Å²) in [6.45, 7) is -0.677. The molecule has 0 aromatic heterocycles. The number of carbonyl (C=O) groups is 4. The lowest BCUT2D eigenvalue weighted by Crippen LogP contribution is -2.34. The Labute approximate surface area is 198 Å². The van der Waals surface area contributed by atoms with E-state index in [2.05, 4.69) is 0 Å². The van der Waals surface area contributed by atoms with Crippen LogP contribution in [0.4, 0.5) is 11.4 Å². The van der Waals surface area contributed by atoms with Crippen molar-refractivity contribution in [3.63, 3.8) is 0 Å². The molecule has 2 saturated carbocycles. The molecule has 2 aromatic rings. The molecule has 1 saturated heterocycles. The number of Topliss-reactive ketones (excluding diaryl/α,β-unsaturated/α-hetero) is 1. The van der Waals surface area contributed by atoms with Gasteiger partial charge < -0.3 is 4.74 Å². The summed E-state index contributed by atoms with van der Waals surface area (Å²) in [6.07, 6.45) is 2.77. The number of benzene rings is 2. The Balaban J connectivity index is 1.34. The predicted molar refractivity (Wildman–Crippen MR) is 119 cm³/mol. The first-order valence-electron chi connectivity index (χ1n) is 10.9. The first kappa shape index (κ1) is 22.2. The van der Waals surface area contributed by atoms with Crippen LogP contribution < -0.4 is 4.90 Å². The number of para-hydroxylation sites is 1. The minimum absolute atomic E-state index is 0.00796. The molecule has 3 aliphatic rings. The first-order chi connectivity index (χ1) is 16.3. The van der Waals surface area contributed by atoms with E-state index in [-0.39, 0.29) is 57.3 Å². The number of esters is 1. The van der Waals surface area contributed by atoms with E-state index >= 15 is 0 Å². The third-order valence-electron chi connectivity index (χ3n) is 7.09. The molecule has 1 heterocycles. The molecule has 0 radical (unpaired) electrons. The van der Waals surface area contributed by atoms with Crippen LogP contribution in [0, 0.1) is 33.8 Å². The average Bonchev–Trinajstić information content (AvgIpc) is 3.51. The van der Waals surface area contributed by atoms with Gasteiger partial charge in [-0.2, -0.15) is 0 Å². The van der Waals surface area contributed by atoms with Crippen molar-refractivity contribution in [1.29, 1.82) is 0 Å². The second-order valence-corrected chi connectivity index (χ2v) is 9.24. The molecule has 10 heteroatoms. The first-order valence-corrected chi connectivity index (χ1v) is 11.3. The predicted octanol–water partition coefficient (Wildman–Crippen LogP) is 3.82.